The molecule has 0 radical (unpaired) electrons. The SMILES string of the molecule is CCc1ccc(C(=O)NCC(=O)C(C)C)s1. The van der Waals surface area contributed by atoms with Crippen LogP contribution in [0, 0.1) is 5.92 Å². The highest BCUT2D eigenvalue weighted by Crippen LogP contribution is 2.16. The third-order valence-electron chi connectivity index (χ3n) is 2.30. The molecule has 1 aromatic rings. The number of amides is 1. The summed E-state index contributed by atoms with van der Waals surface area (Å²) in [7, 11) is 0. The van der Waals surface area contributed by atoms with Crippen molar-refractivity contribution < 1.29 is 9.59 Å². The van der Waals surface area contributed by atoms with Gasteiger partial charge in [0, 0.05) is 10.8 Å². The third kappa shape index (κ3) is 3.45. The van der Waals surface area contributed by atoms with Gasteiger partial charge < -0.3 is 5.32 Å². The van der Waals surface area contributed by atoms with Crippen molar-refractivity contribution >= 4 is 23.0 Å². The van der Waals surface area contributed by atoms with Crippen LogP contribution < -0.4 is 5.32 Å². The summed E-state index contributed by atoms with van der Waals surface area (Å²) >= 11 is 1.48. The summed E-state index contributed by atoms with van der Waals surface area (Å²) in [5.41, 5.74) is 0. The molecule has 0 fully saturated rings. The summed E-state index contributed by atoms with van der Waals surface area (Å²) in [4.78, 5) is 24.8. The van der Waals surface area contributed by atoms with Crippen LogP contribution >= 0.6 is 11.3 Å². The van der Waals surface area contributed by atoms with E-state index in [9.17, 15) is 9.59 Å². The summed E-state index contributed by atoms with van der Waals surface area (Å²) in [5, 5.41) is 2.64. The first-order valence-corrected chi connectivity index (χ1v) is 6.25. The smallest absolute Gasteiger partial charge is 0.261 e. The predicted molar refractivity (Wildman–Crippen MR) is 65.9 cm³/mol. The maximum Gasteiger partial charge on any atom is 0.261 e. The highest BCUT2D eigenvalue weighted by atomic mass is 32.1. The van der Waals surface area contributed by atoms with E-state index in [2.05, 4.69) is 12.2 Å². The predicted octanol–water partition coefficient (Wildman–Crippen LogP) is 2.27. The molecule has 4 heteroatoms. The second kappa shape index (κ2) is 5.80. The maximum absolute atomic E-state index is 11.6. The number of carbonyl (C=O) groups is 2. The Bertz CT molecular complexity index is 382. The van der Waals surface area contributed by atoms with Gasteiger partial charge in [-0.3, -0.25) is 9.59 Å². The van der Waals surface area contributed by atoms with Gasteiger partial charge in [0.15, 0.2) is 5.78 Å². The highest BCUT2D eigenvalue weighted by molar-refractivity contribution is 7.14. The van der Waals surface area contributed by atoms with E-state index in [1.165, 1.54) is 16.2 Å². The van der Waals surface area contributed by atoms with E-state index in [0.717, 1.165) is 6.42 Å². The van der Waals surface area contributed by atoms with Crippen LogP contribution in [-0.4, -0.2) is 18.2 Å². The van der Waals surface area contributed by atoms with Crippen LogP contribution in [0.3, 0.4) is 0 Å². The molecule has 0 saturated carbocycles. The maximum atomic E-state index is 11.6. The largest absolute Gasteiger partial charge is 0.344 e. The lowest BCUT2D eigenvalue weighted by Crippen LogP contribution is -2.31. The molecule has 0 aliphatic heterocycles. The molecule has 16 heavy (non-hydrogen) atoms. The Morgan fingerprint density at radius 3 is 2.56 bits per heavy atom. The lowest BCUT2D eigenvalue weighted by atomic mass is 10.1. The van der Waals surface area contributed by atoms with Crippen LogP contribution in [-0.2, 0) is 11.2 Å². The lowest BCUT2D eigenvalue weighted by molar-refractivity contribution is -0.120. The van der Waals surface area contributed by atoms with Crippen molar-refractivity contribution in [3.63, 3.8) is 0 Å². The first-order chi connectivity index (χ1) is 7.54. The molecule has 1 heterocycles. The fraction of sp³-hybridized carbons (Fsp3) is 0.500. The molecule has 0 aliphatic carbocycles. The van der Waals surface area contributed by atoms with E-state index in [1.54, 1.807) is 6.07 Å². The van der Waals surface area contributed by atoms with Gasteiger partial charge >= 0.3 is 0 Å². The van der Waals surface area contributed by atoms with Gasteiger partial charge in [0.05, 0.1) is 11.4 Å². The van der Waals surface area contributed by atoms with Crippen LogP contribution in [0.2, 0.25) is 0 Å². The molecule has 88 valence electrons. The average molecular weight is 239 g/mol. The van der Waals surface area contributed by atoms with E-state index in [-0.39, 0.29) is 24.2 Å². The van der Waals surface area contributed by atoms with E-state index < -0.39 is 0 Å². The van der Waals surface area contributed by atoms with Crippen molar-refractivity contribution in [2.75, 3.05) is 6.54 Å². The fourth-order valence-corrected chi connectivity index (χ4v) is 2.01. The minimum absolute atomic E-state index is 0.0326. The molecule has 0 bridgehead atoms. The Morgan fingerprint density at radius 2 is 2.06 bits per heavy atom. The van der Waals surface area contributed by atoms with Gasteiger partial charge in [-0.1, -0.05) is 20.8 Å². The normalized spacial score (nSPS) is 10.5. The number of carbonyl (C=O) groups excluding carboxylic acids is 2. The molecule has 1 N–H and O–H groups in total. The zero-order valence-corrected chi connectivity index (χ0v) is 10.7. The van der Waals surface area contributed by atoms with Gasteiger partial charge in [-0.25, -0.2) is 0 Å². The summed E-state index contributed by atoms with van der Waals surface area (Å²) in [6.07, 6.45) is 0.933. The highest BCUT2D eigenvalue weighted by Gasteiger charge is 2.12. The molecule has 0 aliphatic rings. The number of rotatable bonds is 5. The number of thiophene rings is 1. The van der Waals surface area contributed by atoms with E-state index in [1.807, 2.05) is 19.9 Å². The van der Waals surface area contributed by atoms with E-state index in [4.69, 9.17) is 0 Å². The number of Topliss-reactive ketones (excluding diaryl/α,β-unsaturated/α-hetero) is 1. The van der Waals surface area contributed by atoms with Crippen LogP contribution in [0.5, 0.6) is 0 Å². The molecule has 1 aromatic heterocycles. The van der Waals surface area contributed by atoms with Crippen LogP contribution in [0.15, 0.2) is 12.1 Å². The van der Waals surface area contributed by atoms with Gasteiger partial charge in [0.1, 0.15) is 0 Å². The van der Waals surface area contributed by atoms with E-state index in [0.29, 0.717) is 4.88 Å². The molecule has 0 unspecified atom stereocenters. The molecule has 1 amide bonds. The van der Waals surface area contributed by atoms with Crippen LogP contribution in [0.25, 0.3) is 0 Å². The van der Waals surface area contributed by atoms with Crippen LogP contribution in [0.4, 0.5) is 0 Å². The first kappa shape index (κ1) is 12.9. The number of aryl methyl sites for hydroxylation is 1. The number of hydrogen-bond donors (Lipinski definition) is 1. The number of hydrogen-bond acceptors (Lipinski definition) is 3. The van der Waals surface area contributed by atoms with Crippen molar-refractivity contribution in [3.8, 4) is 0 Å². The second-order valence-electron chi connectivity index (χ2n) is 3.92. The first-order valence-electron chi connectivity index (χ1n) is 5.44. The van der Waals surface area contributed by atoms with E-state index >= 15 is 0 Å². The second-order valence-corrected chi connectivity index (χ2v) is 5.09. The summed E-state index contributed by atoms with van der Waals surface area (Å²) in [6.45, 7) is 5.83. The summed E-state index contributed by atoms with van der Waals surface area (Å²) in [5.74, 6) is -0.130. The monoisotopic (exact) mass is 239 g/mol. The number of nitrogens with one attached hydrogen (secondary N) is 1. The van der Waals surface area contributed by atoms with Crippen molar-refractivity contribution in [2.24, 2.45) is 5.92 Å². The standard InChI is InChI=1S/C12H17NO2S/c1-4-9-5-6-11(16-9)12(15)13-7-10(14)8(2)3/h5-6,8H,4,7H2,1-3H3,(H,13,15). The Balaban J connectivity index is 2.49. The topological polar surface area (TPSA) is 46.2 Å². The Kier molecular flexibility index (Phi) is 4.68. The fourth-order valence-electron chi connectivity index (χ4n) is 1.15. The van der Waals surface area contributed by atoms with Crippen molar-refractivity contribution in [1.82, 2.24) is 5.32 Å². The molecule has 1 rings (SSSR count). The number of ketones is 1. The molecule has 0 saturated heterocycles. The van der Waals surface area contributed by atoms with Crippen molar-refractivity contribution in [3.05, 3.63) is 21.9 Å². The summed E-state index contributed by atoms with van der Waals surface area (Å²) in [6, 6.07) is 3.75. The molecule has 0 atom stereocenters. The van der Waals surface area contributed by atoms with Gasteiger partial charge in [-0.05, 0) is 18.6 Å². The Labute approximate surface area is 99.9 Å². The minimum Gasteiger partial charge on any atom is -0.344 e. The van der Waals surface area contributed by atoms with Crippen LogP contribution in [0.1, 0.15) is 35.3 Å². The third-order valence-corrected chi connectivity index (χ3v) is 3.53. The molecular formula is C12H17NO2S. The van der Waals surface area contributed by atoms with Crippen molar-refractivity contribution in [1.29, 1.82) is 0 Å². The summed E-state index contributed by atoms with van der Waals surface area (Å²) < 4.78 is 0. The van der Waals surface area contributed by atoms with Crippen molar-refractivity contribution in [2.45, 2.75) is 27.2 Å². The lowest BCUT2D eigenvalue weighted by Gasteiger charge is -2.04. The van der Waals surface area contributed by atoms with Gasteiger partial charge in [0.2, 0.25) is 0 Å². The van der Waals surface area contributed by atoms with Gasteiger partial charge in [0.25, 0.3) is 5.91 Å². The molecule has 0 aromatic carbocycles. The zero-order valence-electron chi connectivity index (χ0n) is 9.87. The molecule has 3 nitrogen and oxygen atoms in total. The molecule has 0 spiro atoms. The Hall–Kier alpha value is -1.16. The minimum atomic E-state index is -0.154. The van der Waals surface area contributed by atoms with Gasteiger partial charge in [-0.15, -0.1) is 11.3 Å². The Morgan fingerprint density at radius 1 is 1.38 bits per heavy atom. The van der Waals surface area contributed by atoms with Gasteiger partial charge in [-0.2, -0.15) is 0 Å². The quantitative estimate of drug-likeness (QED) is 0.856. The average Bonchev–Trinajstić information content (AvgIpc) is 2.73. The zero-order chi connectivity index (χ0) is 12.1. The molecular weight excluding hydrogens is 222 g/mol.